The Balaban J connectivity index is 1.16. The Labute approximate surface area is 673 Å². The van der Waals surface area contributed by atoms with Crippen molar-refractivity contribution in [1.29, 1.82) is 0 Å². The number of amides is 12. The van der Waals surface area contributed by atoms with Gasteiger partial charge in [0.05, 0.1) is 12.2 Å². The van der Waals surface area contributed by atoms with Gasteiger partial charge in [-0.2, -0.15) is 0 Å². The fourth-order valence-electron chi connectivity index (χ4n) is 13.1. The third-order valence-electron chi connectivity index (χ3n) is 19.2. The molecular formula is C82H108ClN17O15. The topological polar surface area (TPSA) is 475 Å². The molecule has 618 valence electrons. The zero-order valence-electron chi connectivity index (χ0n) is 65.7. The lowest BCUT2D eigenvalue weighted by Gasteiger charge is -2.31. The number of nitrogen functional groups attached to an aromatic ring is 1. The fraction of sp³-hybridized carbons (Fsp3) is 0.463. The zero-order chi connectivity index (χ0) is 83.5. The lowest BCUT2D eigenvalue weighted by atomic mass is 9.99. The first kappa shape index (κ1) is 90.7. The quantitative estimate of drug-likeness (QED) is 0.0244. The number of likely N-dealkylation sites (tertiary alicyclic amines) is 1. The van der Waals surface area contributed by atoms with E-state index in [2.05, 4.69) is 78.8 Å². The number of rotatable bonds is 46. The van der Waals surface area contributed by atoms with E-state index in [1.807, 2.05) is 56.3 Å². The Morgan fingerprint density at radius 3 is 1.61 bits per heavy atom. The molecule has 6 aromatic rings. The van der Waals surface area contributed by atoms with Crippen LogP contribution in [0.5, 0.6) is 0 Å². The summed E-state index contributed by atoms with van der Waals surface area (Å²) < 4.78 is 0. The van der Waals surface area contributed by atoms with Gasteiger partial charge in [0.15, 0.2) is 0 Å². The van der Waals surface area contributed by atoms with E-state index in [0.717, 1.165) is 10.8 Å². The van der Waals surface area contributed by atoms with Gasteiger partial charge in [0.25, 0.3) is 11.8 Å². The van der Waals surface area contributed by atoms with Crippen molar-refractivity contribution in [1.82, 2.24) is 83.7 Å². The highest BCUT2D eigenvalue weighted by atomic mass is 35.5. The second-order valence-electron chi connectivity index (χ2n) is 29.3. The summed E-state index contributed by atoms with van der Waals surface area (Å²) in [6.45, 7) is 9.87. The summed E-state index contributed by atoms with van der Waals surface area (Å²) in [4.78, 5) is 197. The molecule has 33 heteroatoms. The van der Waals surface area contributed by atoms with Crippen molar-refractivity contribution in [2.75, 3.05) is 38.5 Å². The van der Waals surface area contributed by atoms with Crippen molar-refractivity contribution < 1.29 is 72.5 Å². The average molecular weight is 1610 g/mol. The minimum Gasteiger partial charge on any atom is -0.480 e. The fourth-order valence-corrected chi connectivity index (χ4v) is 13.2. The molecule has 16 N–H and O–H groups in total. The molecule has 32 nitrogen and oxygen atoms in total. The van der Waals surface area contributed by atoms with Crippen LogP contribution in [-0.2, 0) is 72.0 Å². The molecule has 1 fully saturated rings. The molecule has 7 rings (SSSR count). The molecule has 1 aliphatic rings. The number of aliphatic carboxylic acids is 1. The van der Waals surface area contributed by atoms with Crippen LogP contribution in [0.15, 0.2) is 134 Å². The summed E-state index contributed by atoms with van der Waals surface area (Å²) in [6, 6.07) is 16.9. The van der Waals surface area contributed by atoms with Crippen LogP contribution < -0.4 is 69.5 Å². The standard InChI is InChI=1S/C82H108ClN17O15/c1-49(2)42-64(75(107)95-63(27-12-13-36-86-50(3)4)81(113)100-41-19-28-69(100)80(112)91-51(5)82(114)115)96-74(106)62(26-10-15-38-89-71(103)59-23-18-40-88-70(59)84)93-73(105)61(25-11-16-39-90-72(104)60-24-9-14-37-87-60)94-79(111)68(48-101)99-78(110)67(46-55-20-17-35-85-47-55)98-77(109)66(44-53-30-33-58(83)34-31-53)97-76(108)65(92-52(6)102)45-54-29-32-56-21-7-8-22-57(56)43-54/h7-9,14,17-18,20-24,29-35,37,40,43,47,49-51,61-69,86,101H,10-13,15-16,19,25-28,36,38-39,41-42,44-46,48H2,1-6H3,(H2,84,88)(H,89,103)(H,90,104)(H,91,112)(H,92,102)(H,93,105)(H,94,111)(H,95,107)(H,96,106)(H,97,108)(H,98,109)(H,99,110)(H,114,115)/t51-,61-,62-,63-,64-,65-,66-,67-,68-,69+/m0/s1. The SMILES string of the molecule is CC(=O)N[C@@H](Cc1ccc2ccccc2c1)C(=O)N[C@@H](Cc1ccc(Cl)cc1)C(=O)N[C@@H](Cc1cccnc1)C(=O)N[C@@H](CO)C(=O)N[C@@H](CCCCNC(=O)c1ccccn1)C(=O)N[C@@H](CCCCNC(=O)c1cccnc1N)C(=O)N[C@@H](CC(C)C)C(=O)N[C@@H](CCCCNC(C)C)C(=O)N1CCC[C@@H]1C(=O)N[C@@H](C)C(=O)O. The Kier molecular flexibility index (Phi) is 36.8. The number of carboxylic acids is 1. The number of pyridine rings is 3. The van der Waals surface area contributed by atoms with E-state index in [1.54, 1.807) is 68.4 Å². The molecule has 0 bridgehead atoms. The number of anilines is 1. The minimum absolute atomic E-state index is 0.00755. The van der Waals surface area contributed by atoms with Crippen LogP contribution in [0.4, 0.5) is 5.82 Å². The highest BCUT2D eigenvalue weighted by molar-refractivity contribution is 6.30. The molecule has 0 unspecified atom stereocenters. The molecule has 4 heterocycles. The number of halogens is 1. The Morgan fingerprint density at radius 2 is 1.03 bits per heavy atom. The lowest BCUT2D eigenvalue weighted by Crippen LogP contribution is -2.61. The number of carbonyl (C=O) groups excluding carboxylic acids is 12. The van der Waals surface area contributed by atoms with Gasteiger partial charge in [-0.05, 0) is 166 Å². The van der Waals surface area contributed by atoms with Crippen LogP contribution >= 0.6 is 11.6 Å². The number of aliphatic hydroxyl groups is 1. The largest absolute Gasteiger partial charge is 0.480 e. The zero-order valence-corrected chi connectivity index (χ0v) is 66.5. The number of hydrogen-bond acceptors (Lipinski definition) is 19. The molecule has 1 saturated heterocycles. The van der Waals surface area contributed by atoms with E-state index in [-0.39, 0.29) is 126 Å². The van der Waals surface area contributed by atoms with Crippen molar-refractivity contribution in [2.24, 2.45) is 5.92 Å². The lowest BCUT2D eigenvalue weighted by molar-refractivity contribution is -0.144. The van der Waals surface area contributed by atoms with Crippen LogP contribution in [0.2, 0.25) is 5.02 Å². The maximum absolute atomic E-state index is 15.2. The van der Waals surface area contributed by atoms with Crippen molar-refractivity contribution in [3.05, 3.63) is 167 Å². The van der Waals surface area contributed by atoms with Crippen molar-refractivity contribution in [3.63, 3.8) is 0 Å². The molecule has 0 saturated carbocycles. The van der Waals surface area contributed by atoms with Gasteiger partial charge in [0.2, 0.25) is 59.1 Å². The third-order valence-corrected chi connectivity index (χ3v) is 19.4. The van der Waals surface area contributed by atoms with Gasteiger partial charge in [-0.3, -0.25) is 72.3 Å². The molecule has 0 aliphatic carbocycles. The van der Waals surface area contributed by atoms with E-state index >= 15 is 9.59 Å². The van der Waals surface area contributed by atoms with Gasteiger partial charge in [0, 0.05) is 81.7 Å². The highest BCUT2D eigenvalue weighted by Crippen LogP contribution is 2.23. The van der Waals surface area contributed by atoms with Crippen LogP contribution in [0.25, 0.3) is 10.8 Å². The van der Waals surface area contributed by atoms with Crippen molar-refractivity contribution in [3.8, 4) is 0 Å². The first-order valence-corrected chi connectivity index (χ1v) is 39.3. The number of benzene rings is 3. The predicted molar refractivity (Wildman–Crippen MR) is 431 cm³/mol. The third kappa shape index (κ3) is 30.1. The van der Waals surface area contributed by atoms with Crippen molar-refractivity contribution in [2.45, 2.75) is 204 Å². The van der Waals surface area contributed by atoms with Crippen LogP contribution in [0.1, 0.15) is 156 Å². The number of carboxylic acid groups (broad SMARTS) is 1. The number of nitrogens with one attached hydrogen (secondary N) is 12. The summed E-state index contributed by atoms with van der Waals surface area (Å²) in [5.74, 6) is -10.7. The monoisotopic (exact) mass is 1610 g/mol. The minimum atomic E-state index is -1.85. The summed E-state index contributed by atoms with van der Waals surface area (Å²) >= 11 is 6.27. The first-order chi connectivity index (χ1) is 55.1. The number of aromatic nitrogens is 3. The molecule has 1 aliphatic heterocycles. The van der Waals surface area contributed by atoms with E-state index in [0.29, 0.717) is 47.5 Å². The van der Waals surface area contributed by atoms with E-state index in [9.17, 15) is 63.0 Å². The number of fused-ring (bicyclic) bond motifs is 1. The van der Waals surface area contributed by atoms with Gasteiger partial charge in [0.1, 0.15) is 71.9 Å². The van der Waals surface area contributed by atoms with Crippen LogP contribution in [0, 0.1) is 5.92 Å². The maximum Gasteiger partial charge on any atom is 0.325 e. The first-order valence-electron chi connectivity index (χ1n) is 38.9. The summed E-state index contributed by atoms with van der Waals surface area (Å²) in [5, 5.41) is 56.0. The van der Waals surface area contributed by atoms with Crippen LogP contribution in [-0.4, -0.2) is 206 Å². The Bertz CT molecular complexity index is 4280. The van der Waals surface area contributed by atoms with Gasteiger partial charge in [-0.25, -0.2) is 4.98 Å². The number of carbonyl (C=O) groups is 13. The second-order valence-corrected chi connectivity index (χ2v) is 29.7. The van der Waals surface area contributed by atoms with Gasteiger partial charge < -0.3 is 84.6 Å². The van der Waals surface area contributed by atoms with Crippen molar-refractivity contribution >= 4 is 105 Å². The molecule has 115 heavy (non-hydrogen) atoms. The molecule has 0 radical (unpaired) electrons. The molecule has 12 amide bonds. The summed E-state index contributed by atoms with van der Waals surface area (Å²) in [5.41, 5.74) is 7.91. The smallest absolute Gasteiger partial charge is 0.325 e. The molecular weight excluding hydrogens is 1500 g/mol. The highest BCUT2D eigenvalue weighted by Gasteiger charge is 2.41. The number of unbranched alkanes of at least 4 members (excludes halogenated alkanes) is 3. The molecule has 3 aromatic carbocycles. The van der Waals surface area contributed by atoms with Gasteiger partial charge >= 0.3 is 5.97 Å². The molecule has 10 atom stereocenters. The maximum atomic E-state index is 15.2. The predicted octanol–water partition coefficient (Wildman–Crippen LogP) is 3.17. The van der Waals surface area contributed by atoms with E-state index in [4.69, 9.17) is 17.3 Å². The number of nitrogens with two attached hydrogens (primary N) is 1. The normalized spacial score (nSPS) is 14.9. The second kappa shape index (κ2) is 46.6. The number of hydrogen-bond donors (Lipinski definition) is 15. The summed E-state index contributed by atoms with van der Waals surface area (Å²) in [6.07, 6.45) is 7.57. The average Bonchev–Trinajstić information content (AvgIpc) is 1.80. The summed E-state index contributed by atoms with van der Waals surface area (Å²) in [7, 11) is 0. The van der Waals surface area contributed by atoms with Gasteiger partial charge in [-0.15, -0.1) is 0 Å². The Hall–Kier alpha value is -11.5. The molecule has 3 aromatic heterocycles. The number of aliphatic hydroxyl groups excluding tert-OH is 1. The van der Waals surface area contributed by atoms with E-state index < -0.39 is 144 Å². The van der Waals surface area contributed by atoms with Gasteiger partial charge in [-0.1, -0.05) is 106 Å². The Morgan fingerprint density at radius 1 is 0.513 bits per heavy atom. The van der Waals surface area contributed by atoms with Crippen LogP contribution in [0.3, 0.4) is 0 Å². The van der Waals surface area contributed by atoms with E-state index in [1.165, 1.54) is 55.7 Å². The number of nitrogens with zero attached hydrogens (tertiary/aromatic N) is 4. The molecule has 0 spiro atoms.